The van der Waals surface area contributed by atoms with Gasteiger partial charge in [-0.2, -0.15) is 0 Å². The van der Waals surface area contributed by atoms with Crippen molar-refractivity contribution in [2.24, 2.45) is 22.0 Å². The fraction of sp³-hybridized carbons (Fsp3) is 0.400. The van der Waals surface area contributed by atoms with Gasteiger partial charge in [0.2, 0.25) is 5.43 Å². The second-order valence-corrected chi connectivity index (χ2v) is 7.57. The van der Waals surface area contributed by atoms with Crippen LogP contribution in [0.4, 0.5) is 10.1 Å². The Kier molecular flexibility index (Phi) is 5.36. The van der Waals surface area contributed by atoms with Crippen LogP contribution in [0.25, 0.3) is 10.9 Å². The van der Waals surface area contributed by atoms with Crippen LogP contribution in [0.3, 0.4) is 0 Å². The van der Waals surface area contributed by atoms with Crippen molar-refractivity contribution in [2.75, 3.05) is 38.8 Å². The highest BCUT2D eigenvalue weighted by atomic mass is 19.1. The number of amidine groups is 1. The first-order valence-corrected chi connectivity index (χ1v) is 9.77. The molecule has 1 fully saturated rings. The summed E-state index contributed by atoms with van der Waals surface area (Å²) in [6, 6.07) is 0.789. The molecular formula is C20H22FN5O6. The number of halogens is 1. The van der Waals surface area contributed by atoms with E-state index in [4.69, 9.17) is 20.1 Å². The highest BCUT2D eigenvalue weighted by Gasteiger charge is 2.38. The molecule has 2 atom stereocenters. The number of carboxylic acids is 1. The number of hydrogen-bond donors (Lipinski definition) is 2. The number of carboxylic acid groups (broad SMARTS) is 1. The number of rotatable bonds is 5. The summed E-state index contributed by atoms with van der Waals surface area (Å²) in [7, 11) is 2.75. The van der Waals surface area contributed by atoms with E-state index in [9.17, 15) is 14.7 Å². The second kappa shape index (κ2) is 8.02. The van der Waals surface area contributed by atoms with Gasteiger partial charge in [-0.3, -0.25) is 4.79 Å². The van der Waals surface area contributed by atoms with Gasteiger partial charge in [0.05, 0.1) is 35.1 Å². The highest BCUT2D eigenvalue weighted by molar-refractivity contribution is 6.10. The van der Waals surface area contributed by atoms with Crippen LogP contribution in [0, 0.1) is 11.7 Å². The number of pyridine rings is 1. The molecule has 11 nitrogen and oxygen atoms in total. The largest absolute Gasteiger partial charge is 0.487 e. The van der Waals surface area contributed by atoms with Gasteiger partial charge < -0.3 is 34.7 Å². The van der Waals surface area contributed by atoms with Gasteiger partial charge in [0.25, 0.3) is 0 Å². The molecule has 2 aliphatic heterocycles. The first-order chi connectivity index (χ1) is 15.3. The zero-order chi connectivity index (χ0) is 23.2. The minimum atomic E-state index is -1.37. The topological polar surface area (TPSA) is 141 Å². The fourth-order valence-corrected chi connectivity index (χ4v) is 4.17. The van der Waals surface area contributed by atoms with Gasteiger partial charge in [-0.25, -0.2) is 9.18 Å². The first-order valence-electron chi connectivity index (χ1n) is 9.77. The molecule has 0 aliphatic carbocycles. The van der Waals surface area contributed by atoms with Crippen LogP contribution < -0.4 is 20.8 Å². The van der Waals surface area contributed by atoms with Gasteiger partial charge in [-0.05, 0) is 13.0 Å². The minimum absolute atomic E-state index is 0.0605. The number of hydrogen-bond acceptors (Lipinski definition) is 8. The maximum atomic E-state index is 15.4. The molecule has 12 heteroatoms. The van der Waals surface area contributed by atoms with Crippen molar-refractivity contribution in [2.45, 2.75) is 13.0 Å². The van der Waals surface area contributed by atoms with Crippen molar-refractivity contribution in [1.29, 1.82) is 0 Å². The van der Waals surface area contributed by atoms with E-state index in [2.05, 4.69) is 10.3 Å². The van der Waals surface area contributed by atoms with Crippen LogP contribution >= 0.6 is 0 Å². The van der Waals surface area contributed by atoms with Crippen LogP contribution in [0.15, 0.2) is 27.4 Å². The highest BCUT2D eigenvalue weighted by Crippen LogP contribution is 2.43. The number of nitrogens with zero attached hydrogens (tertiary/aromatic N) is 4. The third kappa shape index (κ3) is 3.27. The summed E-state index contributed by atoms with van der Waals surface area (Å²) in [5.41, 5.74) is 5.78. The Bertz CT molecular complexity index is 1220. The zero-order valence-corrected chi connectivity index (χ0v) is 17.7. The Morgan fingerprint density at radius 3 is 2.78 bits per heavy atom. The van der Waals surface area contributed by atoms with E-state index >= 15 is 4.39 Å². The first kappa shape index (κ1) is 21.4. The monoisotopic (exact) mass is 447 g/mol. The molecule has 0 bridgehead atoms. The fourth-order valence-electron chi connectivity index (χ4n) is 4.17. The summed E-state index contributed by atoms with van der Waals surface area (Å²) in [4.78, 5) is 35.6. The molecule has 2 aliphatic rings. The lowest BCUT2D eigenvalue weighted by Crippen LogP contribution is -2.31. The summed E-state index contributed by atoms with van der Waals surface area (Å²) < 4.78 is 22.9. The number of benzene rings is 1. The molecule has 1 saturated heterocycles. The summed E-state index contributed by atoms with van der Waals surface area (Å²) in [5.74, 6) is -2.28. The molecule has 3 N–H and O–H groups in total. The van der Waals surface area contributed by atoms with Crippen LogP contribution in [0.2, 0.25) is 0 Å². The van der Waals surface area contributed by atoms with Crippen molar-refractivity contribution in [3.63, 3.8) is 0 Å². The van der Waals surface area contributed by atoms with Gasteiger partial charge in [0.15, 0.2) is 11.6 Å². The molecule has 3 heterocycles. The lowest BCUT2D eigenvalue weighted by atomic mass is 10.1. The third-order valence-electron chi connectivity index (χ3n) is 5.61. The average molecular weight is 447 g/mol. The number of oxime groups is 2. The molecule has 32 heavy (non-hydrogen) atoms. The van der Waals surface area contributed by atoms with Gasteiger partial charge in [0.1, 0.15) is 37.9 Å². The molecule has 1 unspecified atom stereocenters. The number of anilines is 1. The average Bonchev–Trinajstić information content (AvgIpc) is 3.15. The molecule has 0 radical (unpaired) electrons. The molecule has 1 aromatic heterocycles. The molecule has 0 amide bonds. The van der Waals surface area contributed by atoms with Crippen LogP contribution in [-0.4, -0.2) is 61.1 Å². The normalized spacial score (nSPS) is 21.7. The van der Waals surface area contributed by atoms with Crippen molar-refractivity contribution in [1.82, 2.24) is 4.57 Å². The Morgan fingerprint density at radius 2 is 2.12 bits per heavy atom. The predicted octanol–water partition coefficient (Wildman–Crippen LogP) is 1.15. The van der Waals surface area contributed by atoms with E-state index in [1.165, 1.54) is 20.4 Å². The van der Waals surface area contributed by atoms with E-state index in [1.54, 1.807) is 9.47 Å². The lowest BCUT2D eigenvalue weighted by Gasteiger charge is -2.31. The SMILES string of the molecule is CO/N=C(/N)C1CN(c2c(F)cc3c(=O)c(C(=O)O)cn4c3c2OC[C@@H]4C)C/C1=N/OC. The van der Waals surface area contributed by atoms with Crippen molar-refractivity contribution >= 4 is 34.1 Å². The van der Waals surface area contributed by atoms with Crippen LogP contribution in [0.1, 0.15) is 23.3 Å². The molecule has 4 rings (SSSR count). The van der Waals surface area contributed by atoms with Gasteiger partial charge >= 0.3 is 5.97 Å². The summed E-state index contributed by atoms with van der Waals surface area (Å²) in [5, 5.41) is 17.1. The van der Waals surface area contributed by atoms with Gasteiger partial charge in [-0.1, -0.05) is 10.3 Å². The summed E-state index contributed by atoms with van der Waals surface area (Å²) in [6.07, 6.45) is 1.28. The van der Waals surface area contributed by atoms with E-state index in [1.807, 2.05) is 6.92 Å². The Labute approximate surface area is 181 Å². The number of aromatic nitrogens is 1. The number of ether oxygens (including phenoxy) is 1. The standard InChI is InChI=1S/C20H22FN5O6/c1-9-8-32-18-15-10(17(27)12(20(28)29)6-26(9)15)4-13(21)16(18)25-5-11(19(22)24-31-3)14(7-25)23-30-2/h4,6,9,11H,5,7-8H2,1-3H3,(H2,22,24)(H,28,29)/b23-14-/t9-,11?/m0/s1. The van der Waals surface area contributed by atoms with E-state index in [0.717, 1.165) is 6.07 Å². The third-order valence-corrected chi connectivity index (χ3v) is 5.61. The number of aromatic carboxylic acids is 1. The minimum Gasteiger partial charge on any atom is -0.487 e. The van der Waals surface area contributed by atoms with Crippen molar-refractivity contribution < 1.29 is 28.7 Å². The summed E-state index contributed by atoms with van der Waals surface area (Å²) in [6.45, 7) is 2.37. The quantitative estimate of drug-likeness (QED) is 0.395. The maximum Gasteiger partial charge on any atom is 0.341 e. The smallest absolute Gasteiger partial charge is 0.341 e. The van der Waals surface area contributed by atoms with Crippen LogP contribution in [-0.2, 0) is 9.68 Å². The molecule has 1 aromatic carbocycles. The maximum absolute atomic E-state index is 15.4. The Hall–Kier alpha value is -3.83. The van der Waals surface area contributed by atoms with Gasteiger partial charge in [-0.15, -0.1) is 0 Å². The van der Waals surface area contributed by atoms with E-state index < -0.39 is 28.7 Å². The Morgan fingerprint density at radius 1 is 1.38 bits per heavy atom. The Balaban J connectivity index is 1.92. The molecule has 170 valence electrons. The zero-order valence-electron chi connectivity index (χ0n) is 17.7. The van der Waals surface area contributed by atoms with Crippen molar-refractivity contribution in [3.05, 3.63) is 33.9 Å². The number of nitrogens with two attached hydrogens (primary N) is 1. The molecule has 0 saturated carbocycles. The van der Waals surface area contributed by atoms with Crippen molar-refractivity contribution in [3.8, 4) is 5.75 Å². The molecule has 0 spiro atoms. The number of carbonyl (C=O) groups is 1. The van der Waals surface area contributed by atoms with E-state index in [0.29, 0.717) is 11.2 Å². The molecule has 2 aromatic rings. The summed E-state index contributed by atoms with van der Waals surface area (Å²) >= 11 is 0. The van der Waals surface area contributed by atoms with E-state index in [-0.39, 0.29) is 48.4 Å². The molecular weight excluding hydrogens is 425 g/mol. The van der Waals surface area contributed by atoms with Gasteiger partial charge in [0, 0.05) is 12.7 Å². The predicted molar refractivity (Wildman–Crippen MR) is 114 cm³/mol. The second-order valence-electron chi connectivity index (χ2n) is 7.57. The lowest BCUT2D eigenvalue weighted by molar-refractivity contribution is 0.0694. The van der Waals surface area contributed by atoms with Crippen LogP contribution in [0.5, 0.6) is 5.75 Å².